The highest BCUT2D eigenvalue weighted by molar-refractivity contribution is 6.33. The second kappa shape index (κ2) is 8.45. The first-order valence-corrected chi connectivity index (χ1v) is 14.8. The third-order valence-electron chi connectivity index (χ3n) is 11.6. The Balaban J connectivity index is 1.32. The van der Waals surface area contributed by atoms with Crippen LogP contribution in [0.2, 0.25) is 5.02 Å². The molecule has 2 aliphatic heterocycles. The van der Waals surface area contributed by atoms with Crippen molar-refractivity contribution >= 4 is 35.1 Å². The van der Waals surface area contributed by atoms with E-state index in [1.54, 1.807) is 12.1 Å². The van der Waals surface area contributed by atoms with E-state index in [1.165, 1.54) is 12.5 Å². The van der Waals surface area contributed by atoms with Crippen LogP contribution < -0.4 is 5.32 Å². The first kappa shape index (κ1) is 25.8. The Kier molecular flexibility index (Phi) is 5.46. The van der Waals surface area contributed by atoms with Crippen LogP contribution in [0, 0.1) is 51.2 Å². The smallest absolute Gasteiger partial charge is 0.302 e. The number of allylic oxidation sites excluding steroid dienone is 1. The van der Waals surface area contributed by atoms with Gasteiger partial charge in [0, 0.05) is 24.8 Å². The minimum absolute atomic E-state index is 0.0443. The number of anilines is 1. The van der Waals surface area contributed by atoms with Gasteiger partial charge in [-0.15, -0.1) is 0 Å². The van der Waals surface area contributed by atoms with Crippen molar-refractivity contribution in [3.05, 3.63) is 51.6 Å². The molecule has 1 spiro atoms. The first-order valence-electron chi connectivity index (χ1n) is 14.4. The Bertz CT molecular complexity index is 1490. The lowest BCUT2D eigenvalue weighted by Gasteiger charge is -2.57. The molecular formula is C32H34ClN3O4. The van der Waals surface area contributed by atoms with Gasteiger partial charge in [-0.25, -0.2) is 0 Å². The van der Waals surface area contributed by atoms with Gasteiger partial charge >= 0.3 is 5.97 Å². The topological polar surface area (TPSA) is 112 Å². The Hall–Kier alpha value is -3.11. The second-order valence-electron chi connectivity index (χ2n) is 13.2. The average Bonchev–Trinajstić information content (AvgIpc) is 3.37. The summed E-state index contributed by atoms with van der Waals surface area (Å²) in [5.74, 6) is -0.0320. The summed E-state index contributed by atoms with van der Waals surface area (Å²) in [5.41, 5.74) is 2.10. The van der Waals surface area contributed by atoms with Crippen LogP contribution in [0.5, 0.6) is 0 Å². The highest BCUT2D eigenvalue weighted by Crippen LogP contribution is 2.71. The maximum Gasteiger partial charge on any atom is 0.302 e. The van der Waals surface area contributed by atoms with Crippen molar-refractivity contribution in [2.24, 2.45) is 34.5 Å². The number of carbonyl (C=O) groups is 2. The third-order valence-corrected chi connectivity index (χ3v) is 11.9. The summed E-state index contributed by atoms with van der Waals surface area (Å²) in [6.45, 7) is 6.13. The van der Waals surface area contributed by atoms with Gasteiger partial charge in [0.1, 0.15) is 17.7 Å². The van der Waals surface area contributed by atoms with Crippen molar-refractivity contribution in [3.63, 3.8) is 0 Å². The van der Waals surface area contributed by atoms with Crippen LogP contribution in [-0.2, 0) is 24.7 Å². The maximum atomic E-state index is 13.8. The van der Waals surface area contributed by atoms with E-state index in [0.717, 1.165) is 44.1 Å². The number of halogens is 1. The molecule has 8 heteroatoms. The minimum Gasteiger partial charge on any atom is -0.462 e. The van der Waals surface area contributed by atoms with Gasteiger partial charge in [0.15, 0.2) is 0 Å². The van der Waals surface area contributed by atoms with Crippen LogP contribution in [-0.4, -0.2) is 23.9 Å². The van der Waals surface area contributed by atoms with Gasteiger partial charge in [-0.2, -0.15) is 5.26 Å². The van der Waals surface area contributed by atoms with Crippen molar-refractivity contribution in [2.75, 3.05) is 5.32 Å². The minimum atomic E-state index is -1.45. The summed E-state index contributed by atoms with van der Waals surface area (Å²) in [7, 11) is 0. The molecule has 0 aromatic heterocycles. The molecule has 3 fully saturated rings. The molecule has 2 heterocycles. The number of fused-ring (bicyclic) bond motifs is 10. The highest BCUT2D eigenvalue weighted by atomic mass is 35.5. The predicted octanol–water partition coefficient (Wildman–Crippen LogP) is 6.44. The van der Waals surface area contributed by atoms with Gasteiger partial charge in [-0.1, -0.05) is 43.2 Å². The molecule has 1 amide bonds. The molecule has 1 aromatic carbocycles. The normalized spacial score (nSPS) is 41.0. The van der Waals surface area contributed by atoms with E-state index in [9.17, 15) is 14.9 Å². The standard InChI is InChI=1S/C32H34ClN3O4/c1-16(37)39-18-9-11-30(2)17(13-18)7-8-19-21(30)10-12-31(3)22(19)14-23-26(31)20(15-34)28(35)40-32(23)27-24(33)5-4-6-25(27)36-29(32)38/h4-7,18-19,21-23,35H,8-14H2,1-3H3,(H,36,38)/t18-,19?,21?,22?,23?,30-,31-,32?/m0/s1. The van der Waals surface area contributed by atoms with Gasteiger partial charge in [-0.05, 0) is 84.8 Å². The van der Waals surface area contributed by atoms with Gasteiger partial charge < -0.3 is 14.8 Å². The van der Waals surface area contributed by atoms with E-state index >= 15 is 0 Å². The number of hydrogen-bond acceptors (Lipinski definition) is 6. The number of nitrogens with one attached hydrogen (secondary N) is 2. The third kappa shape index (κ3) is 3.14. The summed E-state index contributed by atoms with van der Waals surface area (Å²) in [6.07, 6.45) is 8.56. The molecular weight excluding hydrogens is 526 g/mol. The molecule has 0 bridgehead atoms. The summed E-state index contributed by atoms with van der Waals surface area (Å²) in [5, 5.41) is 22.5. The van der Waals surface area contributed by atoms with E-state index in [0.29, 0.717) is 34.5 Å². The lowest BCUT2D eigenvalue weighted by molar-refractivity contribution is -0.148. The van der Waals surface area contributed by atoms with Crippen LogP contribution in [0.15, 0.2) is 41.0 Å². The summed E-state index contributed by atoms with van der Waals surface area (Å²) in [4.78, 5) is 25.5. The van der Waals surface area contributed by atoms with E-state index in [1.807, 2.05) is 6.07 Å². The SMILES string of the molecule is CC(=O)O[C@H]1CC[C@@]2(C)C(=CCC3C2CC[C@]2(C)C4=C(C#N)C(=N)OC5(C(=O)Nc6cccc(Cl)c65)C4CC32)C1. The molecule has 0 radical (unpaired) electrons. The second-order valence-corrected chi connectivity index (χ2v) is 13.6. The molecule has 4 aliphatic carbocycles. The highest BCUT2D eigenvalue weighted by Gasteiger charge is 2.69. The average molecular weight is 560 g/mol. The Morgan fingerprint density at radius 3 is 2.75 bits per heavy atom. The number of nitrogens with zero attached hydrogens (tertiary/aromatic N) is 1. The predicted molar refractivity (Wildman–Crippen MR) is 149 cm³/mol. The molecule has 8 atom stereocenters. The number of carbonyl (C=O) groups excluding carboxylic acids is 2. The van der Waals surface area contributed by atoms with Gasteiger partial charge in [0.05, 0.1) is 10.7 Å². The van der Waals surface area contributed by atoms with E-state index in [2.05, 4.69) is 31.3 Å². The zero-order valence-electron chi connectivity index (χ0n) is 23.1. The van der Waals surface area contributed by atoms with Crippen molar-refractivity contribution < 1.29 is 19.1 Å². The lowest BCUT2D eigenvalue weighted by Crippen LogP contribution is -2.51. The number of amides is 1. The lowest BCUT2D eigenvalue weighted by atomic mass is 9.47. The number of esters is 1. The Morgan fingerprint density at radius 2 is 2.00 bits per heavy atom. The molecule has 2 N–H and O–H groups in total. The van der Waals surface area contributed by atoms with Crippen molar-refractivity contribution in [1.82, 2.24) is 0 Å². The Morgan fingerprint density at radius 1 is 1.23 bits per heavy atom. The van der Waals surface area contributed by atoms with Gasteiger partial charge in [-0.3, -0.25) is 15.0 Å². The Labute approximate surface area is 239 Å². The van der Waals surface area contributed by atoms with Crippen LogP contribution >= 0.6 is 11.6 Å². The summed E-state index contributed by atoms with van der Waals surface area (Å²) >= 11 is 6.74. The fourth-order valence-corrected chi connectivity index (χ4v) is 10.2. The number of ether oxygens (including phenoxy) is 2. The molecule has 7 rings (SSSR count). The maximum absolute atomic E-state index is 13.8. The van der Waals surface area contributed by atoms with E-state index in [4.69, 9.17) is 26.5 Å². The van der Waals surface area contributed by atoms with Crippen molar-refractivity contribution in [2.45, 2.75) is 77.4 Å². The summed E-state index contributed by atoms with van der Waals surface area (Å²) < 4.78 is 11.9. The van der Waals surface area contributed by atoms with E-state index in [-0.39, 0.29) is 52.1 Å². The largest absolute Gasteiger partial charge is 0.462 e. The molecule has 5 unspecified atom stereocenters. The summed E-state index contributed by atoms with van der Waals surface area (Å²) in [6, 6.07) is 7.69. The zero-order chi connectivity index (χ0) is 28.2. The molecule has 0 saturated heterocycles. The molecule has 6 aliphatic rings. The quantitative estimate of drug-likeness (QED) is 0.304. The molecule has 3 saturated carbocycles. The van der Waals surface area contributed by atoms with Crippen molar-refractivity contribution in [3.8, 4) is 6.07 Å². The van der Waals surface area contributed by atoms with Gasteiger partial charge in [0.2, 0.25) is 11.5 Å². The zero-order valence-corrected chi connectivity index (χ0v) is 23.9. The van der Waals surface area contributed by atoms with Crippen LogP contribution in [0.1, 0.15) is 71.3 Å². The van der Waals surface area contributed by atoms with Gasteiger partial charge in [0.25, 0.3) is 5.91 Å². The molecule has 208 valence electrons. The number of benzene rings is 1. The number of hydrogen-bond donors (Lipinski definition) is 2. The van der Waals surface area contributed by atoms with Crippen LogP contribution in [0.3, 0.4) is 0 Å². The monoisotopic (exact) mass is 559 g/mol. The van der Waals surface area contributed by atoms with Crippen molar-refractivity contribution in [1.29, 1.82) is 10.7 Å². The number of rotatable bonds is 1. The van der Waals surface area contributed by atoms with E-state index < -0.39 is 5.60 Å². The molecule has 40 heavy (non-hydrogen) atoms. The molecule has 7 nitrogen and oxygen atoms in total. The molecule has 1 aromatic rings. The first-order chi connectivity index (χ1) is 19.0. The number of nitriles is 1. The fraction of sp³-hybridized carbons (Fsp3) is 0.562. The van der Waals surface area contributed by atoms with Crippen LogP contribution in [0.4, 0.5) is 5.69 Å². The fourth-order valence-electron chi connectivity index (χ4n) is 9.93. The van der Waals surface area contributed by atoms with Crippen LogP contribution in [0.25, 0.3) is 0 Å².